The summed E-state index contributed by atoms with van der Waals surface area (Å²) in [6.07, 6.45) is 2.97. The summed E-state index contributed by atoms with van der Waals surface area (Å²) in [6.45, 7) is 1.94. The number of nitrogens with zero attached hydrogens (tertiary/aromatic N) is 1. The second-order valence-corrected chi connectivity index (χ2v) is 8.24. The number of hydrogen-bond donors (Lipinski definition) is 3. The lowest BCUT2D eigenvalue weighted by atomic mass is 10.0. The second-order valence-electron chi connectivity index (χ2n) is 8.24. The molecule has 36 heavy (non-hydrogen) atoms. The van der Waals surface area contributed by atoms with Crippen molar-refractivity contribution in [1.82, 2.24) is 10.3 Å². The summed E-state index contributed by atoms with van der Waals surface area (Å²) in [7, 11) is 0. The molecule has 0 aliphatic rings. The molecule has 0 saturated heterocycles. The van der Waals surface area contributed by atoms with Crippen LogP contribution in [0.2, 0.25) is 0 Å². The third kappa shape index (κ3) is 6.07. The number of para-hydroxylation sites is 2. The Balaban J connectivity index is 1.44. The average molecular weight is 481 g/mol. The van der Waals surface area contributed by atoms with Crippen LogP contribution in [0.25, 0.3) is 0 Å². The number of amides is 2. The van der Waals surface area contributed by atoms with Gasteiger partial charge in [-0.25, -0.2) is 4.79 Å². The Morgan fingerprint density at radius 1 is 0.861 bits per heavy atom. The van der Waals surface area contributed by atoms with E-state index >= 15 is 0 Å². The van der Waals surface area contributed by atoms with Gasteiger partial charge in [-0.2, -0.15) is 0 Å². The molecule has 3 aromatic carbocycles. The van der Waals surface area contributed by atoms with Crippen molar-refractivity contribution in [3.8, 4) is 0 Å². The Kier molecular flexibility index (Phi) is 7.93. The Bertz CT molecular complexity index is 1260. The molecule has 7 heteroatoms. The average Bonchev–Trinajstić information content (AvgIpc) is 2.92. The van der Waals surface area contributed by atoms with E-state index in [1.54, 1.807) is 60.9 Å². The fourth-order valence-electron chi connectivity index (χ4n) is 3.87. The summed E-state index contributed by atoms with van der Waals surface area (Å²) < 4.78 is 5.78. The molecule has 0 aliphatic carbocycles. The topological polar surface area (TPSA) is 106 Å². The van der Waals surface area contributed by atoms with Crippen LogP contribution >= 0.6 is 0 Å². The zero-order valence-corrected chi connectivity index (χ0v) is 19.9. The fraction of sp³-hybridized carbons (Fsp3) is 0.138. The summed E-state index contributed by atoms with van der Waals surface area (Å²) in [5, 5.41) is 5.78. The van der Waals surface area contributed by atoms with E-state index in [0.717, 1.165) is 16.7 Å². The summed E-state index contributed by atoms with van der Waals surface area (Å²) in [5.74, 6) is -0.270. The molecule has 0 fully saturated rings. The molecule has 4 aromatic rings. The number of hydrogen-bond acceptors (Lipinski definition) is 5. The third-order valence-corrected chi connectivity index (χ3v) is 5.79. The molecule has 2 amide bonds. The van der Waals surface area contributed by atoms with Gasteiger partial charge in [-0.3, -0.25) is 9.78 Å². The molecule has 1 aromatic heterocycles. The van der Waals surface area contributed by atoms with Gasteiger partial charge in [0.2, 0.25) is 0 Å². The summed E-state index contributed by atoms with van der Waals surface area (Å²) in [5.41, 5.74) is 10.00. The molecule has 0 aliphatic heterocycles. The van der Waals surface area contributed by atoms with Gasteiger partial charge in [0, 0.05) is 18.0 Å². The Labute approximate surface area is 210 Å². The normalized spacial score (nSPS) is 12.2. The van der Waals surface area contributed by atoms with Crippen molar-refractivity contribution in [2.45, 2.75) is 25.5 Å². The van der Waals surface area contributed by atoms with Crippen molar-refractivity contribution >= 4 is 23.4 Å². The number of benzene rings is 3. The predicted molar refractivity (Wildman–Crippen MR) is 140 cm³/mol. The molecule has 0 bridgehead atoms. The maximum absolute atomic E-state index is 12.9. The highest BCUT2D eigenvalue weighted by molar-refractivity contribution is 6.05. The van der Waals surface area contributed by atoms with E-state index in [9.17, 15) is 9.59 Å². The largest absolute Gasteiger partial charge is 0.441 e. The molecule has 0 saturated carbocycles. The van der Waals surface area contributed by atoms with Gasteiger partial charge < -0.3 is 21.1 Å². The highest BCUT2D eigenvalue weighted by Crippen LogP contribution is 2.25. The van der Waals surface area contributed by atoms with Gasteiger partial charge in [-0.15, -0.1) is 0 Å². The van der Waals surface area contributed by atoms with Crippen LogP contribution in [0, 0.1) is 0 Å². The third-order valence-electron chi connectivity index (χ3n) is 5.79. The second kappa shape index (κ2) is 11.7. The van der Waals surface area contributed by atoms with Crippen LogP contribution in [0.15, 0.2) is 103 Å². The van der Waals surface area contributed by atoms with Crippen LogP contribution in [-0.4, -0.2) is 17.0 Å². The molecule has 7 nitrogen and oxygen atoms in total. The smallest absolute Gasteiger partial charge is 0.408 e. The lowest BCUT2D eigenvalue weighted by molar-refractivity contribution is 0.0930. The SMILES string of the molecule is CC[C@H](OC(=O)N[C@@H](c1ccccc1)c1cccnc1)c1ccc(C(=O)Nc2ccccc2N)cc1. The molecular weight excluding hydrogens is 452 g/mol. The summed E-state index contributed by atoms with van der Waals surface area (Å²) >= 11 is 0. The molecule has 2 atom stereocenters. The summed E-state index contributed by atoms with van der Waals surface area (Å²) in [6, 6.07) is 27.1. The van der Waals surface area contributed by atoms with E-state index in [-0.39, 0.29) is 5.91 Å². The molecule has 1 heterocycles. The first-order valence-electron chi connectivity index (χ1n) is 11.7. The van der Waals surface area contributed by atoms with Crippen molar-refractivity contribution in [3.63, 3.8) is 0 Å². The maximum Gasteiger partial charge on any atom is 0.408 e. The monoisotopic (exact) mass is 480 g/mol. The standard InChI is InChI=1S/C29H28N4O3/c1-2-26(20-14-16-22(17-15-20)28(34)32-25-13-7-6-12-24(25)30)36-29(35)33-27(21-9-4-3-5-10-21)23-11-8-18-31-19-23/h3-19,26-27H,2,30H2,1H3,(H,32,34)(H,33,35)/t26-,27-/m0/s1. The molecule has 0 spiro atoms. The van der Waals surface area contributed by atoms with E-state index in [4.69, 9.17) is 10.5 Å². The minimum atomic E-state index is -0.541. The van der Waals surface area contributed by atoms with Gasteiger partial charge in [0.1, 0.15) is 6.10 Å². The van der Waals surface area contributed by atoms with E-state index < -0.39 is 18.2 Å². The minimum absolute atomic E-state index is 0.270. The lowest BCUT2D eigenvalue weighted by Gasteiger charge is -2.22. The van der Waals surface area contributed by atoms with Crippen molar-refractivity contribution in [2.24, 2.45) is 0 Å². The van der Waals surface area contributed by atoms with Crippen LogP contribution < -0.4 is 16.4 Å². The van der Waals surface area contributed by atoms with E-state index in [1.165, 1.54) is 0 Å². The number of rotatable bonds is 8. The first-order chi connectivity index (χ1) is 17.5. The first-order valence-corrected chi connectivity index (χ1v) is 11.7. The van der Waals surface area contributed by atoms with E-state index in [0.29, 0.717) is 23.4 Å². The number of anilines is 2. The molecule has 182 valence electrons. The van der Waals surface area contributed by atoms with Crippen molar-refractivity contribution in [1.29, 1.82) is 0 Å². The predicted octanol–water partition coefficient (Wildman–Crippen LogP) is 5.88. The number of ether oxygens (including phenoxy) is 1. The van der Waals surface area contributed by atoms with Crippen LogP contribution in [0.5, 0.6) is 0 Å². The lowest BCUT2D eigenvalue weighted by Crippen LogP contribution is -2.31. The molecule has 4 rings (SSSR count). The number of nitrogens with two attached hydrogens (primary N) is 1. The van der Waals surface area contributed by atoms with Gasteiger partial charge in [0.15, 0.2) is 0 Å². The van der Waals surface area contributed by atoms with Crippen molar-refractivity contribution < 1.29 is 14.3 Å². The van der Waals surface area contributed by atoms with Crippen molar-refractivity contribution in [3.05, 3.63) is 126 Å². The first kappa shape index (κ1) is 24.5. The van der Waals surface area contributed by atoms with Gasteiger partial charge in [0.05, 0.1) is 17.4 Å². The van der Waals surface area contributed by atoms with E-state index in [1.807, 2.05) is 49.4 Å². The number of pyridine rings is 1. The number of carbonyl (C=O) groups is 2. The number of aromatic nitrogens is 1. The van der Waals surface area contributed by atoms with Crippen LogP contribution in [0.1, 0.15) is 52.5 Å². The van der Waals surface area contributed by atoms with Crippen LogP contribution in [0.4, 0.5) is 16.2 Å². The van der Waals surface area contributed by atoms with Crippen LogP contribution in [0.3, 0.4) is 0 Å². The Morgan fingerprint density at radius 2 is 1.56 bits per heavy atom. The zero-order chi connectivity index (χ0) is 25.3. The molecule has 0 radical (unpaired) electrons. The number of alkyl carbamates (subject to hydrolysis) is 1. The van der Waals surface area contributed by atoms with E-state index in [2.05, 4.69) is 15.6 Å². The van der Waals surface area contributed by atoms with Crippen LogP contribution in [-0.2, 0) is 4.74 Å². The van der Waals surface area contributed by atoms with Gasteiger partial charge in [-0.1, -0.05) is 67.6 Å². The number of nitrogen functional groups attached to an aromatic ring is 1. The quantitative estimate of drug-likeness (QED) is 0.273. The molecule has 4 N–H and O–H groups in total. The molecular formula is C29H28N4O3. The van der Waals surface area contributed by atoms with Gasteiger partial charge in [0.25, 0.3) is 5.91 Å². The highest BCUT2D eigenvalue weighted by atomic mass is 16.6. The van der Waals surface area contributed by atoms with Gasteiger partial charge >= 0.3 is 6.09 Å². The summed E-state index contributed by atoms with van der Waals surface area (Å²) in [4.78, 5) is 29.7. The maximum atomic E-state index is 12.9. The van der Waals surface area contributed by atoms with Crippen molar-refractivity contribution in [2.75, 3.05) is 11.1 Å². The highest BCUT2D eigenvalue weighted by Gasteiger charge is 2.21. The Hall–Kier alpha value is -4.65. The van der Waals surface area contributed by atoms with Gasteiger partial charge in [-0.05, 0) is 53.4 Å². The molecule has 0 unspecified atom stereocenters. The number of nitrogens with one attached hydrogen (secondary N) is 2. The Morgan fingerprint density at radius 3 is 2.22 bits per heavy atom. The number of carbonyl (C=O) groups excluding carboxylic acids is 2. The fourth-order valence-corrected chi connectivity index (χ4v) is 3.87. The minimum Gasteiger partial charge on any atom is -0.441 e. The zero-order valence-electron chi connectivity index (χ0n) is 19.9.